The fraction of sp³-hybridized carbons (Fsp3) is 0.273. The van der Waals surface area contributed by atoms with Crippen LogP contribution in [-0.2, 0) is 23.5 Å². The molecule has 0 fully saturated rings. The maximum Gasteiger partial charge on any atom is 0.347 e. The van der Waals surface area contributed by atoms with Gasteiger partial charge in [0, 0.05) is 19.8 Å². The number of aromatic nitrogens is 2. The summed E-state index contributed by atoms with van der Waals surface area (Å²) in [7, 11) is -2.03. The van der Waals surface area contributed by atoms with E-state index in [1.54, 1.807) is 24.1 Å². The predicted octanol–water partition coefficient (Wildman–Crippen LogP) is 0.701. The summed E-state index contributed by atoms with van der Waals surface area (Å²) in [6, 6.07) is 1.29. The third kappa shape index (κ3) is 3.24. The Morgan fingerprint density at radius 2 is 2.30 bits per heavy atom. The second-order valence-corrected chi connectivity index (χ2v) is 6.74. The Hall–Kier alpha value is -1.71. The van der Waals surface area contributed by atoms with E-state index in [2.05, 4.69) is 9.82 Å². The van der Waals surface area contributed by atoms with Crippen LogP contribution in [0, 0.1) is 0 Å². The van der Waals surface area contributed by atoms with Gasteiger partial charge in [0.25, 0.3) is 0 Å². The van der Waals surface area contributed by atoms with E-state index in [4.69, 9.17) is 5.11 Å². The fourth-order valence-electron chi connectivity index (χ4n) is 1.67. The van der Waals surface area contributed by atoms with E-state index in [1.807, 2.05) is 0 Å². The van der Waals surface area contributed by atoms with Crippen LogP contribution in [0.2, 0.25) is 0 Å². The lowest BCUT2D eigenvalue weighted by molar-refractivity contribution is 0.0698. The number of hydrogen-bond acceptors (Lipinski definition) is 5. The van der Waals surface area contributed by atoms with E-state index in [-0.39, 0.29) is 16.3 Å². The average molecular weight is 315 g/mol. The van der Waals surface area contributed by atoms with Gasteiger partial charge in [-0.25, -0.2) is 17.9 Å². The number of thiophene rings is 1. The molecule has 0 aliphatic heterocycles. The maximum atomic E-state index is 12.0. The van der Waals surface area contributed by atoms with E-state index >= 15 is 0 Å². The summed E-state index contributed by atoms with van der Waals surface area (Å²) >= 11 is 0.886. The van der Waals surface area contributed by atoms with Crippen molar-refractivity contribution < 1.29 is 18.3 Å². The molecule has 0 aromatic carbocycles. The molecule has 0 aliphatic rings. The number of carboxylic acid groups (broad SMARTS) is 1. The minimum absolute atomic E-state index is 0.182. The minimum Gasteiger partial charge on any atom is -0.477 e. The normalized spacial score (nSPS) is 11.7. The Labute approximate surface area is 119 Å². The summed E-state index contributed by atoms with van der Waals surface area (Å²) in [6.07, 6.45) is 3.93. The van der Waals surface area contributed by atoms with E-state index < -0.39 is 16.0 Å². The van der Waals surface area contributed by atoms with Gasteiger partial charge in [0.15, 0.2) is 0 Å². The van der Waals surface area contributed by atoms with Gasteiger partial charge in [0.2, 0.25) is 10.0 Å². The lowest BCUT2D eigenvalue weighted by atomic mass is 10.3. The van der Waals surface area contributed by atoms with Gasteiger partial charge in [-0.1, -0.05) is 0 Å². The highest BCUT2D eigenvalue weighted by Crippen LogP contribution is 2.21. The lowest BCUT2D eigenvalue weighted by Gasteiger charge is -2.05. The highest BCUT2D eigenvalue weighted by Gasteiger charge is 2.23. The van der Waals surface area contributed by atoms with Gasteiger partial charge in [-0.2, -0.15) is 5.10 Å². The number of aryl methyl sites for hydroxylation is 1. The number of carbonyl (C=O) groups is 1. The molecule has 0 amide bonds. The van der Waals surface area contributed by atoms with Crippen LogP contribution < -0.4 is 4.72 Å². The van der Waals surface area contributed by atoms with Crippen molar-refractivity contribution in [2.75, 3.05) is 6.54 Å². The molecule has 0 bridgehead atoms. The first-order chi connectivity index (χ1) is 9.40. The Morgan fingerprint density at radius 3 is 2.90 bits per heavy atom. The molecule has 0 saturated carbocycles. The lowest BCUT2D eigenvalue weighted by Crippen LogP contribution is -2.26. The van der Waals surface area contributed by atoms with Crippen molar-refractivity contribution >= 4 is 27.3 Å². The zero-order chi connectivity index (χ0) is 14.8. The van der Waals surface area contributed by atoms with Crippen molar-refractivity contribution in [1.29, 1.82) is 0 Å². The summed E-state index contributed by atoms with van der Waals surface area (Å²) in [6.45, 7) is 0.183. The molecule has 0 atom stereocenters. The summed E-state index contributed by atoms with van der Waals surface area (Å²) in [5.41, 5.74) is 0.902. The van der Waals surface area contributed by atoms with Gasteiger partial charge in [-0.05, 0) is 23.4 Å². The Bertz CT molecular complexity index is 718. The first kappa shape index (κ1) is 14.7. The third-order valence-electron chi connectivity index (χ3n) is 2.58. The Morgan fingerprint density at radius 1 is 1.55 bits per heavy atom. The molecule has 20 heavy (non-hydrogen) atoms. The van der Waals surface area contributed by atoms with Crippen LogP contribution in [-0.4, -0.2) is 35.8 Å². The predicted molar refractivity (Wildman–Crippen MR) is 73.4 cm³/mol. The van der Waals surface area contributed by atoms with Crippen LogP contribution in [0.25, 0.3) is 0 Å². The molecule has 9 heteroatoms. The second kappa shape index (κ2) is 5.73. The first-order valence-electron chi connectivity index (χ1n) is 5.68. The molecule has 2 heterocycles. The standard InChI is InChI=1S/C11H13N3O4S2/c1-14-7-8(6-12-14)2-4-13-20(17,18)9-3-5-19-10(9)11(15)16/h3,5-7,13H,2,4H2,1H3,(H,15,16). The van der Waals surface area contributed by atoms with Crippen molar-refractivity contribution in [2.24, 2.45) is 7.05 Å². The molecular weight excluding hydrogens is 302 g/mol. The van der Waals surface area contributed by atoms with Gasteiger partial charge in [0.1, 0.15) is 9.77 Å². The van der Waals surface area contributed by atoms with Crippen molar-refractivity contribution in [3.8, 4) is 0 Å². The van der Waals surface area contributed by atoms with E-state index in [9.17, 15) is 13.2 Å². The van der Waals surface area contributed by atoms with Crippen molar-refractivity contribution in [3.63, 3.8) is 0 Å². The number of hydrogen-bond donors (Lipinski definition) is 2. The van der Waals surface area contributed by atoms with Crippen molar-refractivity contribution in [1.82, 2.24) is 14.5 Å². The van der Waals surface area contributed by atoms with Gasteiger partial charge in [0.05, 0.1) is 6.20 Å². The first-order valence-corrected chi connectivity index (χ1v) is 8.04. The van der Waals surface area contributed by atoms with Crippen molar-refractivity contribution in [3.05, 3.63) is 34.3 Å². The van der Waals surface area contributed by atoms with Crippen LogP contribution in [0.15, 0.2) is 28.7 Å². The molecule has 2 N–H and O–H groups in total. The molecule has 0 unspecified atom stereocenters. The topological polar surface area (TPSA) is 101 Å². The average Bonchev–Trinajstić information content (AvgIpc) is 2.97. The largest absolute Gasteiger partial charge is 0.477 e. The molecule has 0 radical (unpaired) electrons. The zero-order valence-electron chi connectivity index (χ0n) is 10.6. The Kier molecular flexibility index (Phi) is 4.21. The fourth-order valence-corrected chi connectivity index (χ4v) is 3.96. The summed E-state index contributed by atoms with van der Waals surface area (Å²) in [4.78, 5) is 10.6. The van der Waals surface area contributed by atoms with Gasteiger partial charge in [-0.3, -0.25) is 4.68 Å². The van der Waals surface area contributed by atoms with E-state index in [0.29, 0.717) is 6.42 Å². The van der Waals surface area contributed by atoms with Crippen molar-refractivity contribution in [2.45, 2.75) is 11.3 Å². The summed E-state index contributed by atoms with van der Waals surface area (Å²) < 4.78 is 28.1. The number of sulfonamides is 1. The van der Waals surface area contributed by atoms with Crippen LogP contribution in [0.3, 0.4) is 0 Å². The molecule has 108 valence electrons. The van der Waals surface area contributed by atoms with Crippen LogP contribution >= 0.6 is 11.3 Å². The van der Waals surface area contributed by atoms with E-state index in [1.165, 1.54) is 11.4 Å². The summed E-state index contributed by atoms with van der Waals surface area (Å²) in [5, 5.41) is 14.4. The van der Waals surface area contributed by atoms with Gasteiger partial charge < -0.3 is 5.11 Å². The third-order valence-corrected chi connectivity index (χ3v) is 5.11. The SMILES string of the molecule is Cn1cc(CCNS(=O)(=O)c2ccsc2C(=O)O)cn1. The number of carboxylic acids is 1. The summed E-state index contributed by atoms with van der Waals surface area (Å²) in [5.74, 6) is -1.24. The smallest absolute Gasteiger partial charge is 0.347 e. The number of rotatable bonds is 6. The number of aromatic carboxylic acids is 1. The highest BCUT2D eigenvalue weighted by molar-refractivity contribution is 7.89. The molecule has 2 aromatic heterocycles. The van der Waals surface area contributed by atoms with Gasteiger partial charge >= 0.3 is 5.97 Å². The highest BCUT2D eigenvalue weighted by atomic mass is 32.2. The molecular formula is C11H13N3O4S2. The number of nitrogens with one attached hydrogen (secondary N) is 1. The van der Waals surface area contributed by atoms with Crippen LogP contribution in [0.4, 0.5) is 0 Å². The quantitative estimate of drug-likeness (QED) is 0.817. The van der Waals surface area contributed by atoms with Crippen LogP contribution in [0.5, 0.6) is 0 Å². The molecule has 0 saturated heterocycles. The molecule has 2 aromatic rings. The zero-order valence-corrected chi connectivity index (χ0v) is 12.2. The maximum absolute atomic E-state index is 12.0. The van der Waals surface area contributed by atoms with Gasteiger partial charge in [-0.15, -0.1) is 11.3 Å². The Balaban J connectivity index is 2.04. The van der Waals surface area contributed by atoms with Crippen LogP contribution in [0.1, 0.15) is 15.2 Å². The molecule has 0 aliphatic carbocycles. The second-order valence-electron chi connectivity index (χ2n) is 4.09. The molecule has 0 spiro atoms. The van der Waals surface area contributed by atoms with E-state index in [0.717, 1.165) is 16.9 Å². The molecule has 2 rings (SSSR count). The molecule has 7 nitrogen and oxygen atoms in total. The minimum atomic E-state index is -3.80. The monoisotopic (exact) mass is 315 g/mol. The number of nitrogens with zero attached hydrogens (tertiary/aromatic N) is 2.